The predicted octanol–water partition coefficient (Wildman–Crippen LogP) is 3.44. The Bertz CT molecular complexity index is 702. The molecule has 0 amide bonds. The van der Waals surface area contributed by atoms with Crippen molar-refractivity contribution in [2.75, 3.05) is 5.32 Å². The van der Waals surface area contributed by atoms with Crippen LogP contribution < -0.4 is 11.1 Å². The van der Waals surface area contributed by atoms with E-state index in [1.54, 1.807) is 0 Å². The molecule has 3 N–H and O–H groups in total. The second-order valence-electron chi connectivity index (χ2n) is 4.41. The van der Waals surface area contributed by atoms with Gasteiger partial charge in [-0.2, -0.15) is 0 Å². The molecule has 0 unspecified atom stereocenters. The highest BCUT2D eigenvalue weighted by Gasteiger charge is 2.01. The minimum Gasteiger partial charge on any atom is -0.355 e. The fourth-order valence-corrected chi connectivity index (χ4v) is 2.14. The van der Waals surface area contributed by atoms with Crippen LogP contribution in [0.2, 0.25) is 0 Å². The van der Waals surface area contributed by atoms with E-state index in [9.17, 15) is 0 Å². The van der Waals surface area contributed by atoms with Gasteiger partial charge in [0.25, 0.3) is 0 Å². The molecule has 0 bridgehead atoms. The second-order valence-corrected chi connectivity index (χ2v) is 4.41. The van der Waals surface area contributed by atoms with E-state index >= 15 is 0 Å². The van der Waals surface area contributed by atoms with Crippen LogP contribution in [-0.4, -0.2) is 4.98 Å². The first-order valence-corrected chi connectivity index (χ1v) is 6.26. The molecule has 0 radical (unpaired) electrons. The van der Waals surface area contributed by atoms with Crippen LogP contribution in [0.3, 0.4) is 0 Å². The highest BCUT2D eigenvalue weighted by Crippen LogP contribution is 2.25. The zero-order valence-electron chi connectivity index (χ0n) is 10.5. The Kier molecular flexibility index (Phi) is 3.12. The van der Waals surface area contributed by atoms with Gasteiger partial charge in [0.15, 0.2) is 0 Å². The molecule has 19 heavy (non-hydrogen) atoms. The SMILES string of the molecule is NCc1cccc(Nc2ccnc3ccccc23)c1. The molecule has 0 fully saturated rings. The van der Waals surface area contributed by atoms with Crippen molar-refractivity contribution in [1.82, 2.24) is 4.98 Å². The molecule has 1 heterocycles. The number of hydrogen-bond donors (Lipinski definition) is 2. The van der Waals surface area contributed by atoms with Gasteiger partial charge in [-0.3, -0.25) is 4.98 Å². The van der Waals surface area contributed by atoms with Crippen molar-refractivity contribution in [2.24, 2.45) is 5.73 Å². The fraction of sp³-hybridized carbons (Fsp3) is 0.0625. The maximum atomic E-state index is 5.66. The van der Waals surface area contributed by atoms with Crippen LogP contribution >= 0.6 is 0 Å². The number of anilines is 2. The lowest BCUT2D eigenvalue weighted by Crippen LogP contribution is -1.98. The Morgan fingerprint density at radius 2 is 1.89 bits per heavy atom. The second kappa shape index (κ2) is 5.08. The van der Waals surface area contributed by atoms with Gasteiger partial charge in [0, 0.05) is 29.5 Å². The number of aromatic nitrogens is 1. The normalized spacial score (nSPS) is 10.6. The Hall–Kier alpha value is -2.39. The van der Waals surface area contributed by atoms with E-state index in [4.69, 9.17) is 5.73 Å². The minimum absolute atomic E-state index is 0.548. The van der Waals surface area contributed by atoms with Gasteiger partial charge in [-0.25, -0.2) is 0 Å². The predicted molar refractivity (Wildman–Crippen MR) is 79.4 cm³/mol. The van der Waals surface area contributed by atoms with Crippen LogP contribution in [0, 0.1) is 0 Å². The zero-order valence-corrected chi connectivity index (χ0v) is 10.5. The molecule has 3 heteroatoms. The summed E-state index contributed by atoms with van der Waals surface area (Å²) in [6.45, 7) is 0.548. The van der Waals surface area contributed by atoms with E-state index in [0.717, 1.165) is 27.8 Å². The van der Waals surface area contributed by atoms with Crippen LogP contribution in [0.5, 0.6) is 0 Å². The smallest absolute Gasteiger partial charge is 0.0722 e. The number of pyridine rings is 1. The summed E-state index contributed by atoms with van der Waals surface area (Å²) in [5, 5.41) is 4.54. The topological polar surface area (TPSA) is 50.9 Å². The highest BCUT2D eigenvalue weighted by atomic mass is 14.9. The number of benzene rings is 2. The highest BCUT2D eigenvalue weighted by molar-refractivity contribution is 5.92. The molecule has 0 saturated carbocycles. The first-order valence-electron chi connectivity index (χ1n) is 6.26. The molecule has 2 aromatic carbocycles. The van der Waals surface area contributed by atoms with Gasteiger partial charge in [0.1, 0.15) is 0 Å². The largest absolute Gasteiger partial charge is 0.355 e. The molecular formula is C16H15N3. The van der Waals surface area contributed by atoms with E-state index in [1.165, 1.54) is 0 Å². The van der Waals surface area contributed by atoms with Crippen LogP contribution in [0.1, 0.15) is 5.56 Å². The summed E-state index contributed by atoms with van der Waals surface area (Å²) in [4.78, 5) is 4.36. The number of rotatable bonds is 3. The summed E-state index contributed by atoms with van der Waals surface area (Å²) in [6.07, 6.45) is 1.82. The van der Waals surface area contributed by atoms with Gasteiger partial charge in [0.2, 0.25) is 0 Å². The molecule has 94 valence electrons. The third-order valence-corrected chi connectivity index (χ3v) is 3.09. The first kappa shape index (κ1) is 11.7. The van der Waals surface area contributed by atoms with E-state index in [1.807, 2.05) is 48.7 Å². The molecule has 0 aliphatic rings. The molecule has 3 rings (SSSR count). The number of fused-ring (bicyclic) bond motifs is 1. The molecule has 0 atom stereocenters. The molecule has 1 aromatic heterocycles. The molecular weight excluding hydrogens is 234 g/mol. The summed E-state index contributed by atoms with van der Waals surface area (Å²) in [6, 6.07) is 18.2. The third kappa shape index (κ3) is 2.41. The zero-order chi connectivity index (χ0) is 13.1. The maximum Gasteiger partial charge on any atom is 0.0722 e. The number of nitrogens with zero attached hydrogens (tertiary/aromatic N) is 1. The number of para-hydroxylation sites is 1. The summed E-state index contributed by atoms with van der Waals surface area (Å²) in [5.41, 5.74) is 9.86. The van der Waals surface area contributed by atoms with Crippen molar-refractivity contribution in [2.45, 2.75) is 6.54 Å². The first-order chi connectivity index (χ1) is 9.36. The van der Waals surface area contributed by atoms with Gasteiger partial charge < -0.3 is 11.1 Å². The van der Waals surface area contributed by atoms with Gasteiger partial charge in [0.05, 0.1) is 5.52 Å². The molecule has 3 nitrogen and oxygen atoms in total. The number of nitrogens with two attached hydrogens (primary N) is 1. The quantitative estimate of drug-likeness (QED) is 0.747. The van der Waals surface area contributed by atoms with E-state index in [2.05, 4.69) is 22.4 Å². The molecule has 0 saturated heterocycles. The number of hydrogen-bond acceptors (Lipinski definition) is 3. The van der Waals surface area contributed by atoms with Crippen LogP contribution in [0.4, 0.5) is 11.4 Å². The van der Waals surface area contributed by atoms with Crippen molar-refractivity contribution in [3.05, 3.63) is 66.4 Å². The Morgan fingerprint density at radius 3 is 2.79 bits per heavy atom. The lowest BCUT2D eigenvalue weighted by Gasteiger charge is -2.10. The molecule has 0 aliphatic heterocycles. The minimum atomic E-state index is 0.548. The van der Waals surface area contributed by atoms with E-state index < -0.39 is 0 Å². The van der Waals surface area contributed by atoms with Gasteiger partial charge in [-0.05, 0) is 29.8 Å². The molecule has 0 spiro atoms. The van der Waals surface area contributed by atoms with Crippen LogP contribution in [-0.2, 0) is 6.54 Å². The Labute approximate surface area is 112 Å². The average Bonchev–Trinajstić information content (AvgIpc) is 2.48. The van der Waals surface area contributed by atoms with Crippen molar-refractivity contribution >= 4 is 22.3 Å². The average molecular weight is 249 g/mol. The van der Waals surface area contributed by atoms with Gasteiger partial charge >= 0.3 is 0 Å². The van der Waals surface area contributed by atoms with E-state index in [0.29, 0.717) is 6.54 Å². The van der Waals surface area contributed by atoms with E-state index in [-0.39, 0.29) is 0 Å². The Morgan fingerprint density at radius 1 is 1.00 bits per heavy atom. The summed E-state index contributed by atoms with van der Waals surface area (Å²) in [5.74, 6) is 0. The standard InChI is InChI=1S/C16H15N3/c17-11-12-4-3-5-13(10-12)19-16-8-9-18-15-7-2-1-6-14(15)16/h1-10H,11,17H2,(H,18,19). The molecule has 0 aliphatic carbocycles. The Balaban J connectivity index is 2.01. The van der Waals surface area contributed by atoms with Gasteiger partial charge in [-0.1, -0.05) is 30.3 Å². The lowest BCUT2D eigenvalue weighted by molar-refractivity contribution is 1.07. The lowest BCUT2D eigenvalue weighted by atomic mass is 10.1. The fourth-order valence-electron chi connectivity index (χ4n) is 2.14. The summed E-state index contributed by atoms with van der Waals surface area (Å²) in [7, 11) is 0. The van der Waals surface area contributed by atoms with Crippen molar-refractivity contribution in [3.63, 3.8) is 0 Å². The van der Waals surface area contributed by atoms with Crippen molar-refractivity contribution in [1.29, 1.82) is 0 Å². The summed E-state index contributed by atoms with van der Waals surface area (Å²) < 4.78 is 0. The number of nitrogens with one attached hydrogen (secondary N) is 1. The van der Waals surface area contributed by atoms with Crippen LogP contribution in [0.15, 0.2) is 60.8 Å². The van der Waals surface area contributed by atoms with Crippen molar-refractivity contribution in [3.8, 4) is 0 Å². The molecule has 3 aromatic rings. The maximum absolute atomic E-state index is 5.66. The van der Waals surface area contributed by atoms with Crippen molar-refractivity contribution < 1.29 is 0 Å². The van der Waals surface area contributed by atoms with Crippen LogP contribution in [0.25, 0.3) is 10.9 Å². The third-order valence-electron chi connectivity index (χ3n) is 3.09. The monoisotopic (exact) mass is 249 g/mol. The van der Waals surface area contributed by atoms with Gasteiger partial charge in [-0.15, -0.1) is 0 Å². The summed E-state index contributed by atoms with van der Waals surface area (Å²) >= 11 is 0.